The molecule has 1 N–H and O–H groups in total. The summed E-state index contributed by atoms with van der Waals surface area (Å²) in [7, 11) is -4.30. The SMILES string of the molecule is CCC(COP(=O)(O)OCC(CC)OC(C)=O)OC(C)=O. The van der Waals surface area contributed by atoms with Crippen LogP contribution in [0.3, 0.4) is 0 Å². The van der Waals surface area contributed by atoms with E-state index in [4.69, 9.17) is 18.5 Å². The van der Waals surface area contributed by atoms with Crippen LogP contribution in [0.25, 0.3) is 0 Å². The average molecular weight is 326 g/mol. The number of phosphoric acid groups is 1. The quantitative estimate of drug-likeness (QED) is 0.478. The van der Waals surface area contributed by atoms with Crippen LogP contribution in [0.1, 0.15) is 40.5 Å². The van der Waals surface area contributed by atoms with Gasteiger partial charge in [-0.25, -0.2) is 4.57 Å². The van der Waals surface area contributed by atoms with Crippen molar-refractivity contribution in [1.82, 2.24) is 0 Å². The predicted octanol–water partition coefficient (Wildman–Crippen LogP) is 1.80. The van der Waals surface area contributed by atoms with Crippen LogP contribution in [0.5, 0.6) is 0 Å². The lowest BCUT2D eigenvalue weighted by atomic mass is 10.3. The second kappa shape index (κ2) is 9.89. The van der Waals surface area contributed by atoms with Crippen molar-refractivity contribution in [1.29, 1.82) is 0 Å². The maximum Gasteiger partial charge on any atom is 0.472 e. The van der Waals surface area contributed by atoms with E-state index in [1.165, 1.54) is 13.8 Å². The van der Waals surface area contributed by atoms with E-state index in [0.717, 1.165) is 0 Å². The first kappa shape index (κ1) is 20.1. The molecule has 0 fully saturated rings. The molecule has 2 unspecified atom stereocenters. The van der Waals surface area contributed by atoms with Crippen LogP contribution in [0.2, 0.25) is 0 Å². The smallest absolute Gasteiger partial charge is 0.460 e. The number of ether oxygens (including phenoxy) is 2. The normalized spacial score (nSPS) is 16.6. The Morgan fingerprint density at radius 1 is 0.952 bits per heavy atom. The molecule has 0 rings (SSSR count). The van der Waals surface area contributed by atoms with Crippen molar-refractivity contribution in [3.63, 3.8) is 0 Å². The highest BCUT2D eigenvalue weighted by atomic mass is 31.2. The van der Waals surface area contributed by atoms with Gasteiger partial charge in [0.25, 0.3) is 0 Å². The average Bonchev–Trinajstić information content (AvgIpc) is 2.38. The lowest BCUT2D eigenvalue weighted by Gasteiger charge is -2.20. The predicted molar refractivity (Wildman–Crippen MR) is 73.4 cm³/mol. The lowest BCUT2D eigenvalue weighted by Crippen LogP contribution is -2.23. The van der Waals surface area contributed by atoms with Crippen molar-refractivity contribution in [2.75, 3.05) is 13.2 Å². The highest BCUT2D eigenvalue weighted by Crippen LogP contribution is 2.43. The number of rotatable bonds is 10. The third-order valence-electron chi connectivity index (χ3n) is 2.42. The van der Waals surface area contributed by atoms with Crippen molar-refractivity contribution >= 4 is 19.8 Å². The van der Waals surface area contributed by atoms with E-state index in [2.05, 4.69) is 0 Å². The van der Waals surface area contributed by atoms with Crippen LogP contribution in [0.15, 0.2) is 0 Å². The molecule has 0 spiro atoms. The summed E-state index contributed by atoms with van der Waals surface area (Å²) < 4.78 is 30.9. The second-order valence-corrected chi connectivity index (χ2v) is 5.79. The third-order valence-corrected chi connectivity index (χ3v) is 3.37. The standard InChI is InChI=1S/C12H23O8P/c1-5-11(19-9(3)13)7-17-21(15,16)18-8-12(6-2)20-10(4)14/h11-12H,5-8H2,1-4H3,(H,15,16). The number of carbonyl (C=O) groups is 2. The largest absolute Gasteiger partial charge is 0.472 e. The summed E-state index contributed by atoms with van der Waals surface area (Å²) in [6.07, 6.45) is -0.376. The van der Waals surface area contributed by atoms with E-state index in [1.807, 2.05) is 0 Å². The highest BCUT2D eigenvalue weighted by Gasteiger charge is 2.26. The minimum absolute atomic E-state index is 0.256. The molecule has 0 aromatic rings. The maximum atomic E-state index is 11.7. The molecule has 0 radical (unpaired) electrons. The molecule has 0 amide bonds. The Balaban J connectivity index is 4.26. The monoisotopic (exact) mass is 326 g/mol. The van der Waals surface area contributed by atoms with Gasteiger partial charge in [-0.15, -0.1) is 0 Å². The minimum atomic E-state index is -4.30. The van der Waals surface area contributed by atoms with E-state index in [1.54, 1.807) is 13.8 Å². The van der Waals surface area contributed by atoms with Gasteiger partial charge in [0.1, 0.15) is 12.2 Å². The van der Waals surface area contributed by atoms with Crippen molar-refractivity contribution < 1.29 is 37.6 Å². The summed E-state index contributed by atoms with van der Waals surface area (Å²) >= 11 is 0. The summed E-state index contributed by atoms with van der Waals surface area (Å²) in [5.74, 6) is -1.000. The molecule has 0 heterocycles. The van der Waals surface area contributed by atoms with E-state index >= 15 is 0 Å². The molecule has 0 saturated carbocycles. The number of carbonyl (C=O) groups excluding carboxylic acids is 2. The first-order valence-electron chi connectivity index (χ1n) is 6.66. The van der Waals surface area contributed by atoms with Gasteiger partial charge in [-0.3, -0.25) is 18.6 Å². The van der Waals surface area contributed by atoms with Crippen LogP contribution < -0.4 is 0 Å². The van der Waals surface area contributed by atoms with Crippen LogP contribution in [0.4, 0.5) is 0 Å². The Kier molecular flexibility index (Phi) is 9.44. The molecule has 21 heavy (non-hydrogen) atoms. The van der Waals surface area contributed by atoms with Gasteiger partial charge in [-0.05, 0) is 12.8 Å². The number of esters is 2. The molecule has 0 aliphatic heterocycles. The highest BCUT2D eigenvalue weighted by molar-refractivity contribution is 7.47. The lowest BCUT2D eigenvalue weighted by molar-refractivity contribution is -0.148. The van der Waals surface area contributed by atoms with Gasteiger partial charge in [0.15, 0.2) is 0 Å². The zero-order valence-corrected chi connectivity index (χ0v) is 13.6. The summed E-state index contributed by atoms with van der Waals surface area (Å²) in [6.45, 7) is 5.45. The molecule has 0 aliphatic carbocycles. The third kappa shape index (κ3) is 10.4. The summed E-state index contributed by atoms with van der Waals surface area (Å²) in [5.41, 5.74) is 0. The van der Waals surface area contributed by atoms with E-state index < -0.39 is 32.0 Å². The Hall–Kier alpha value is -0.950. The molecular formula is C12H23O8P. The van der Waals surface area contributed by atoms with Crippen molar-refractivity contribution in [2.24, 2.45) is 0 Å². The van der Waals surface area contributed by atoms with Gasteiger partial charge in [0.2, 0.25) is 0 Å². The van der Waals surface area contributed by atoms with Crippen molar-refractivity contribution in [3.8, 4) is 0 Å². The topological polar surface area (TPSA) is 108 Å². The first-order valence-corrected chi connectivity index (χ1v) is 8.16. The zero-order chi connectivity index (χ0) is 16.5. The van der Waals surface area contributed by atoms with E-state index in [9.17, 15) is 19.0 Å². The maximum absolute atomic E-state index is 11.7. The van der Waals surface area contributed by atoms with Crippen molar-refractivity contribution in [3.05, 3.63) is 0 Å². The minimum Gasteiger partial charge on any atom is -0.460 e. The Morgan fingerprint density at radius 3 is 1.52 bits per heavy atom. The molecule has 0 aromatic heterocycles. The fourth-order valence-electron chi connectivity index (χ4n) is 1.33. The molecule has 0 saturated heterocycles. The second-order valence-electron chi connectivity index (χ2n) is 4.34. The van der Waals surface area contributed by atoms with Gasteiger partial charge in [-0.1, -0.05) is 13.8 Å². The van der Waals surface area contributed by atoms with Crippen LogP contribution in [-0.4, -0.2) is 42.3 Å². The molecule has 124 valence electrons. The van der Waals surface area contributed by atoms with Gasteiger partial charge in [0, 0.05) is 13.8 Å². The fraction of sp³-hybridized carbons (Fsp3) is 0.833. The number of hydrogen-bond acceptors (Lipinski definition) is 7. The molecule has 8 nitrogen and oxygen atoms in total. The fourth-order valence-corrected chi connectivity index (χ4v) is 2.12. The zero-order valence-electron chi connectivity index (χ0n) is 12.7. The summed E-state index contributed by atoms with van der Waals surface area (Å²) in [5, 5.41) is 0. The van der Waals surface area contributed by atoms with Crippen LogP contribution in [-0.2, 0) is 32.7 Å². The first-order chi connectivity index (χ1) is 9.70. The van der Waals surface area contributed by atoms with Crippen molar-refractivity contribution in [2.45, 2.75) is 52.7 Å². The molecule has 0 aromatic carbocycles. The Bertz CT molecular complexity index is 351. The van der Waals surface area contributed by atoms with E-state index in [-0.39, 0.29) is 13.2 Å². The van der Waals surface area contributed by atoms with Gasteiger partial charge < -0.3 is 14.4 Å². The van der Waals surface area contributed by atoms with Gasteiger partial charge >= 0.3 is 19.8 Å². The Labute approximate surface area is 124 Å². The molecule has 9 heteroatoms. The summed E-state index contributed by atoms with van der Waals surface area (Å²) in [4.78, 5) is 31.1. The van der Waals surface area contributed by atoms with Crippen LogP contribution >= 0.6 is 7.82 Å². The number of hydrogen-bond donors (Lipinski definition) is 1. The summed E-state index contributed by atoms with van der Waals surface area (Å²) in [6, 6.07) is 0. The van der Waals surface area contributed by atoms with Gasteiger partial charge in [-0.2, -0.15) is 0 Å². The molecule has 2 atom stereocenters. The molecule has 0 aliphatic rings. The number of phosphoric ester groups is 1. The van der Waals surface area contributed by atoms with Crippen LogP contribution in [0, 0.1) is 0 Å². The van der Waals surface area contributed by atoms with E-state index in [0.29, 0.717) is 12.8 Å². The molecule has 0 bridgehead atoms. The van der Waals surface area contributed by atoms with Gasteiger partial charge in [0.05, 0.1) is 13.2 Å². The molecular weight excluding hydrogens is 303 g/mol. The Morgan fingerprint density at radius 2 is 1.29 bits per heavy atom.